The highest BCUT2D eigenvalue weighted by Gasteiger charge is 2.43. The average Bonchev–Trinajstić information content (AvgIpc) is 3.09. The lowest BCUT2D eigenvalue weighted by Crippen LogP contribution is -2.63. The summed E-state index contributed by atoms with van der Waals surface area (Å²) >= 11 is 0. The van der Waals surface area contributed by atoms with Gasteiger partial charge in [0.2, 0.25) is 6.79 Å². The Morgan fingerprint density at radius 1 is 1.08 bits per heavy atom. The molecule has 0 atom stereocenters. The van der Waals surface area contributed by atoms with E-state index in [0.717, 1.165) is 45.6 Å². The first kappa shape index (κ1) is 17.1. The van der Waals surface area contributed by atoms with Crippen molar-refractivity contribution in [2.24, 2.45) is 0 Å². The van der Waals surface area contributed by atoms with Crippen LogP contribution in [0.25, 0.3) is 0 Å². The van der Waals surface area contributed by atoms with Crippen molar-refractivity contribution < 1.29 is 23.8 Å². The molecule has 4 rings (SSSR count). The van der Waals surface area contributed by atoms with Gasteiger partial charge in [0.15, 0.2) is 11.5 Å². The van der Waals surface area contributed by atoms with E-state index in [0.29, 0.717) is 23.7 Å². The summed E-state index contributed by atoms with van der Waals surface area (Å²) in [4.78, 5) is 26.8. The van der Waals surface area contributed by atoms with Gasteiger partial charge in [0.25, 0.3) is 0 Å². The first-order chi connectivity index (χ1) is 12.7. The largest absolute Gasteiger partial charge is 0.454 e. The van der Waals surface area contributed by atoms with Crippen molar-refractivity contribution in [3.8, 4) is 11.5 Å². The van der Waals surface area contributed by atoms with Gasteiger partial charge >= 0.3 is 11.8 Å². The molecule has 1 aliphatic carbocycles. The van der Waals surface area contributed by atoms with Gasteiger partial charge < -0.3 is 24.8 Å². The van der Waals surface area contributed by atoms with Crippen molar-refractivity contribution in [1.29, 1.82) is 0 Å². The lowest BCUT2D eigenvalue weighted by atomic mass is 9.75. The van der Waals surface area contributed by atoms with Gasteiger partial charge in [-0.25, -0.2) is 0 Å². The van der Waals surface area contributed by atoms with E-state index in [1.54, 1.807) is 18.2 Å². The summed E-state index contributed by atoms with van der Waals surface area (Å²) in [6.07, 6.45) is 3.23. The third-order valence-electron chi connectivity index (χ3n) is 5.38. The number of carbonyl (C=O) groups is 2. The third-order valence-corrected chi connectivity index (χ3v) is 5.38. The van der Waals surface area contributed by atoms with Crippen LogP contribution in [0.1, 0.15) is 19.3 Å². The topological polar surface area (TPSA) is 89.1 Å². The molecule has 1 saturated carbocycles. The van der Waals surface area contributed by atoms with E-state index < -0.39 is 11.8 Å². The molecule has 0 bridgehead atoms. The maximum Gasteiger partial charge on any atom is 0.313 e. The summed E-state index contributed by atoms with van der Waals surface area (Å²) < 4.78 is 15.9. The monoisotopic (exact) mass is 361 g/mol. The Morgan fingerprint density at radius 2 is 1.85 bits per heavy atom. The minimum atomic E-state index is -0.680. The number of benzene rings is 1. The lowest BCUT2D eigenvalue weighted by molar-refractivity contribution is -0.137. The molecule has 1 saturated heterocycles. The molecule has 0 radical (unpaired) electrons. The second-order valence-corrected chi connectivity index (χ2v) is 6.88. The number of hydrogen-bond acceptors (Lipinski definition) is 6. The van der Waals surface area contributed by atoms with E-state index in [1.807, 2.05) is 0 Å². The molecular weight excluding hydrogens is 338 g/mol. The lowest BCUT2D eigenvalue weighted by Gasteiger charge is -2.51. The summed E-state index contributed by atoms with van der Waals surface area (Å²) in [5, 5.41) is 5.41. The van der Waals surface area contributed by atoms with Crippen LogP contribution in [0.3, 0.4) is 0 Å². The molecule has 2 heterocycles. The highest BCUT2D eigenvalue weighted by atomic mass is 16.7. The van der Waals surface area contributed by atoms with Gasteiger partial charge in [-0.05, 0) is 31.4 Å². The quantitative estimate of drug-likeness (QED) is 0.769. The van der Waals surface area contributed by atoms with Crippen LogP contribution in [0.4, 0.5) is 5.69 Å². The Labute approximate surface area is 151 Å². The molecule has 0 unspecified atom stereocenters. The molecule has 140 valence electrons. The fourth-order valence-corrected chi connectivity index (χ4v) is 3.71. The zero-order chi connectivity index (χ0) is 18.0. The molecule has 2 aliphatic heterocycles. The van der Waals surface area contributed by atoms with Crippen molar-refractivity contribution in [2.75, 3.05) is 45.0 Å². The third kappa shape index (κ3) is 3.34. The summed E-state index contributed by atoms with van der Waals surface area (Å²) in [6, 6.07) is 5.03. The van der Waals surface area contributed by atoms with E-state index in [2.05, 4.69) is 15.5 Å². The van der Waals surface area contributed by atoms with E-state index >= 15 is 0 Å². The molecular formula is C18H23N3O5. The summed E-state index contributed by atoms with van der Waals surface area (Å²) in [5.41, 5.74) is 0.472. The second-order valence-electron chi connectivity index (χ2n) is 6.88. The molecule has 8 heteroatoms. The number of morpholine rings is 1. The minimum absolute atomic E-state index is 0.0293. The molecule has 26 heavy (non-hydrogen) atoms. The van der Waals surface area contributed by atoms with Gasteiger partial charge in [-0.3, -0.25) is 14.5 Å². The number of nitrogens with zero attached hydrogens (tertiary/aromatic N) is 1. The summed E-state index contributed by atoms with van der Waals surface area (Å²) in [6.45, 7) is 3.84. The Kier molecular flexibility index (Phi) is 4.69. The van der Waals surface area contributed by atoms with Crippen molar-refractivity contribution >= 4 is 17.5 Å². The van der Waals surface area contributed by atoms with E-state index in [4.69, 9.17) is 14.2 Å². The molecule has 2 fully saturated rings. The first-order valence-corrected chi connectivity index (χ1v) is 8.98. The predicted octanol–water partition coefficient (Wildman–Crippen LogP) is 0.725. The number of rotatable bonds is 4. The SMILES string of the molecule is O=C(NCC1(N2CCOCC2)CCC1)C(=O)Nc1ccc2c(c1)OCO2. The standard InChI is InChI=1S/C18H23N3O5/c22-16(17(23)20-13-2-3-14-15(10-13)26-12-25-14)19-11-18(4-1-5-18)21-6-8-24-9-7-21/h2-3,10H,1,4-9,11-12H2,(H,19,22)(H,20,23). The molecule has 8 nitrogen and oxygen atoms in total. The molecule has 0 spiro atoms. The zero-order valence-corrected chi connectivity index (χ0v) is 14.6. The van der Waals surface area contributed by atoms with Gasteiger partial charge in [-0.1, -0.05) is 0 Å². The van der Waals surface area contributed by atoms with Crippen LogP contribution in [0.15, 0.2) is 18.2 Å². The number of fused-ring (bicyclic) bond motifs is 1. The Balaban J connectivity index is 1.32. The Morgan fingerprint density at radius 3 is 2.58 bits per heavy atom. The van der Waals surface area contributed by atoms with E-state index in [9.17, 15) is 9.59 Å². The first-order valence-electron chi connectivity index (χ1n) is 8.98. The maximum absolute atomic E-state index is 12.2. The van der Waals surface area contributed by atoms with Crippen molar-refractivity contribution in [2.45, 2.75) is 24.8 Å². The second kappa shape index (κ2) is 7.13. The zero-order valence-electron chi connectivity index (χ0n) is 14.6. The summed E-state index contributed by atoms with van der Waals surface area (Å²) in [5.74, 6) is -0.114. The molecule has 0 aromatic heterocycles. The molecule has 1 aromatic carbocycles. The number of hydrogen-bond donors (Lipinski definition) is 2. The number of ether oxygens (including phenoxy) is 3. The maximum atomic E-state index is 12.2. The Hall–Kier alpha value is -2.32. The van der Waals surface area contributed by atoms with E-state index in [-0.39, 0.29) is 12.3 Å². The van der Waals surface area contributed by atoms with Crippen molar-refractivity contribution in [3.05, 3.63) is 18.2 Å². The average molecular weight is 361 g/mol. The smallest absolute Gasteiger partial charge is 0.313 e. The highest BCUT2D eigenvalue weighted by Crippen LogP contribution is 2.37. The van der Waals surface area contributed by atoms with Crippen LogP contribution in [-0.2, 0) is 14.3 Å². The number of carbonyl (C=O) groups excluding carboxylic acids is 2. The van der Waals surface area contributed by atoms with Gasteiger partial charge in [0.1, 0.15) is 0 Å². The fourth-order valence-electron chi connectivity index (χ4n) is 3.71. The summed E-state index contributed by atoms with van der Waals surface area (Å²) in [7, 11) is 0. The highest BCUT2D eigenvalue weighted by molar-refractivity contribution is 6.39. The number of anilines is 1. The number of amides is 2. The Bertz CT molecular complexity index is 698. The van der Waals surface area contributed by atoms with Crippen LogP contribution in [0.5, 0.6) is 11.5 Å². The van der Waals surface area contributed by atoms with Crippen LogP contribution < -0.4 is 20.1 Å². The molecule has 2 amide bonds. The van der Waals surface area contributed by atoms with Crippen molar-refractivity contribution in [3.63, 3.8) is 0 Å². The normalized spacial score (nSPS) is 20.9. The van der Waals surface area contributed by atoms with Crippen LogP contribution >= 0.6 is 0 Å². The van der Waals surface area contributed by atoms with Crippen LogP contribution in [0.2, 0.25) is 0 Å². The predicted molar refractivity (Wildman–Crippen MR) is 93.2 cm³/mol. The van der Waals surface area contributed by atoms with Gasteiger partial charge in [0.05, 0.1) is 13.2 Å². The molecule has 1 aromatic rings. The number of nitrogens with one attached hydrogen (secondary N) is 2. The minimum Gasteiger partial charge on any atom is -0.454 e. The van der Waals surface area contributed by atoms with Gasteiger partial charge in [-0.2, -0.15) is 0 Å². The fraction of sp³-hybridized carbons (Fsp3) is 0.556. The molecule has 2 N–H and O–H groups in total. The van der Waals surface area contributed by atoms with Crippen LogP contribution in [-0.4, -0.2) is 61.9 Å². The van der Waals surface area contributed by atoms with Crippen molar-refractivity contribution in [1.82, 2.24) is 10.2 Å². The van der Waals surface area contributed by atoms with Gasteiger partial charge in [0, 0.05) is 36.9 Å². The molecule has 3 aliphatic rings. The van der Waals surface area contributed by atoms with Gasteiger partial charge in [-0.15, -0.1) is 0 Å². The van der Waals surface area contributed by atoms with E-state index in [1.165, 1.54) is 0 Å². The van der Waals surface area contributed by atoms with Crippen LogP contribution in [0, 0.1) is 0 Å².